The minimum atomic E-state index is -3.19. The van der Waals surface area contributed by atoms with Crippen molar-refractivity contribution >= 4 is 7.37 Å². The zero-order valence-corrected chi connectivity index (χ0v) is 15.8. The molecular weight excluding hydrogens is 335 g/mol. The molecule has 2 aromatic rings. The zero-order chi connectivity index (χ0) is 18.2. The quantitative estimate of drug-likeness (QED) is 0.732. The lowest BCUT2D eigenvalue weighted by molar-refractivity contribution is 0.352. The highest BCUT2D eigenvalue weighted by molar-refractivity contribution is 7.56. The van der Waals surface area contributed by atoms with E-state index in [2.05, 4.69) is 6.07 Å². The molecule has 2 aromatic carbocycles. The van der Waals surface area contributed by atoms with Crippen LogP contribution < -0.4 is 4.74 Å². The van der Waals surface area contributed by atoms with Crippen LogP contribution in [0.2, 0.25) is 0 Å². The average molecular weight is 360 g/mol. The van der Waals surface area contributed by atoms with Crippen LogP contribution in [0.3, 0.4) is 0 Å². The van der Waals surface area contributed by atoms with Crippen LogP contribution in [0.1, 0.15) is 46.6 Å². The molecule has 0 saturated heterocycles. The second-order valence-corrected chi connectivity index (χ2v) is 9.56. The van der Waals surface area contributed by atoms with E-state index in [9.17, 15) is 14.6 Å². The largest absolute Gasteiger partial charge is 0.508 e. The summed E-state index contributed by atoms with van der Waals surface area (Å²) >= 11 is 0. The van der Waals surface area contributed by atoms with E-state index in [1.807, 2.05) is 32.0 Å². The van der Waals surface area contributed by atoms with Gasteiger partial charge in [0.05, 0.1) is 0 Å². The van der Waals surface area contributed by atoms with E-state index in [1.165, 1.54) is 17.8 Å². The topological polar surface area (TPSA) is 66.8 Å². The van der Waals surface area contributed by atoms with Gasteiger partial charge in [-0.3, -0.25) is 4.57 Å². The molecule has 0 aliphatic heterocycles. The van der Waals surface area contributed by atoms with Crippen LogP contribution in [-0.2, 0) is 11.0 Å². The van der Waals surface area contributed by atoms with Crippen molar-refractivity contribution in [3.63, 3.8) is 0 Å². The Morgan fingerprint density at radius 2 is 1.80 bits per heavy atom. The van der Waals surface area contributed by atoms with E-state index >= 15 is 0 Å². The van der Waals surface area contributed by atoms with E-state index in [-0.39, 0.29) is 6.35 Å². The minimum absolute atomic E-state index is 0.173. The summed E-state index contributed by atoms with van der Waals surface area (Å²) in [5.41, 5.74) is 5.67. The number of ether oxygens (including phenoxy) is 1. The number of aromatic hydroxyl groups is 1. The first-order valence-electron chi connectivity index (χ1n) is 8.57. The third kappa shape index (κ3) is 4.65. The van der Waals surface area contributed by atoms with Crippen molar-refractivity contribution in [2.24, 2.45) is 0 Å². The molecule has 0 radical (unpaired) electrons. The second kappa shape index (κ2) is 6.86. The monoisotopic (exact) mass is 360 g/mol. The fourth-order valence-electron chi connectivity index (χ4n) is 3.15. The lowest BCUT2D eigenvalue weighted by Crippen LogP contribution is -2.01. The molecule has 134 valence electrons. The Bertz CT molecular complexity index is 811. The zero-order valence-electron chi connectivity index (χ0n) is 15.0. The summed E-state index contributed by atoms with van der Waals surface area (Å²) in [5.74, 6) is 1.54. The molecule has 1 fully saturated rings. The summed E-state index contributed by atoms with van der Waals surface area (Å²) < 4.78 is 16.9. The highest BCUT2D eigenvalue weighted by Crippen LogP contribution is 2.44. The minimum Gasteiger partial charge on any atom is -0.508 e. The Morgan fingerprint density at radius 1 is 1.16 bits per heavy atom. The molecule has 0 aromatic heterocycles. The molecule has 1 aliphatic carbocycles. The molecule has 0 amide bonds. The number of hydrogen-bond acceptors (Lipinski definition) is 3. The third-order valence-corrected chi connectivity index (χ3v) is 5.24. The van der Waals surface area contributed by atoms with Gasteiger partial charge in [-0.05, 0) is 85.0 Å². The van der Waals surface area contributed by atoms with E-state index in [4.69, 9.17) is 4.74 Å². The normalized spacial score (nSPS) is 16.5. The molecule has 0 heterocycles. The summed E-state index contributed by atoms with van der Waals surface area (Å²) in [4.78, 5) is 9.38. The van der Waals surface area contributed by atoms with Crippen LogP contribution in [-0.4, -0.2) is 23.0 Å². The lowest BCUT2D eigenvalue weighted by atomic mass is 9.94. The SMILES string of the molecule is Cc1cc(OCP(C)(=O)O)cc(C)c1Cc1ccc(O)c(C2CC2)c1. The van der Waals surface area contributed by atoms with Crippen molar-refractivity contribution < 1.29 is 19.3 Å². The van der Waals surface area contributed by atoms with E-state index < -0.39 is 7.37 Å². The Hall–Kier alpha value is -1.77. The maximum atomic E-state index is 11.4. The van der Waals surface area contributed by atoms with Gasteiger partial charge in [-0.1, -0.05) is 12.1 Å². The molecule has 1 unspecified atom stereocenters. The number of hydrogen-bond donors (Lipinski definition) is 2. The van der Waals surface area contributed by atoms with Crippen molar-refractivity contribution in [1.82, 2.24) is 0 Å². The van der Waals surface area contributed by atoms with Crippen LogP contribution in [0.25, 0.3) is 0 Å². The molecule has 0 bridgehead atoms. The Kier molecular flexibility index (Phi) is 4.95. The highest BCUT2D eigenvalue weighted by Gasteiger charge is 2.26. The summed E-state index contributed by atoms with van der Waals surface area (Å²) in [6.45, 7) is 5.35. The Balaban J connectivity index is 1.81. The second-order valence-electron chi connectivity index (χ2n) is 7.20. The smallest absolute Gasteiger partial charge is 0.233 e. The molecule has 2 N–H and O–H groups in total. The summed E-state index contributed by atoms with van der Waals surface area (Å²) in [6, 6.07) is 9.73. The van der Waals surface area contributed by atoms with Crippen LogP contribution in [0.15, 0.2) is 30.3 Å². The summed E-state index contributed by atoms with van der Waals surface area (Å²) in [7, 11) is -3.19. The summed E-state index contributed by atoms with van der Waals surface area (Å²) in [5, 5.41) is 10.0. The Morgan fingerprint density at radius 3 is 2.36 bits per heavy atom. The van der Waals surface area contributed by atoms with Crippen molar-refractivity contribution in [3.05, 3.63) is 58.1 Å². The van der Waals surface area contributed by atoms with E-state index in [1.54, 1.807) is 6.07 Å². The van der Waals surface area contributed by atoms with Crippen molar-refractivity contribution in [2.45, 2.75) is 39.0 Å². The van der Waals surface area contributed by atoms with Gasteiger partial charge in [0.25, 0.3) is 0 Å². The number of aryl methyl sites for hydroxylation is 2. The van der Waals surface area contributed by atoms with Gasteiger partial charge in [0.15, 0.2) is 6.35 Å². The van der Waals surface area contributed by atoms with Gasteiger partial charge < -0.3 is 14.7 Å². The molecule has 25 heavy (non-hydrogen) atoms. The van der Waals surface area contributed by atoms with Gasteiger partial charge in [0.1, 0.15) is 11.5 Å². The van der Waals surface area contributed by atoms with Crippen LogP contribution in [0.4, 0.5) is 0 Å². The maximum Gasteiger partial charge on any atom is 0.233 e. The molecule has 1 aliphatic rings. The predicted octanol–water partition coefficient (Wildman–Crippen LogP) is 4.71. The van der Waals surface area contributed by atoms with Gasteiger partial charge in [0, 0.05) is 6.66 Å². The standard InChI is InChI=1S/C20H25O4P/c1-13-8-17(24-12-25(3,22)23)9-14(2)18(13)10-15-4-7-20(21)19(11-15)16-5-6-16/h4,7-9,11,16,21H,5-6,10,12H2,1-3H3,(H,22,23). The lowest BCUT2D eigenvalue weighted by Gasteiger charge is -2.15. The van der Waals surface area contributed by atoms with Crippen LogP contribution in [0.5, 0.6) is 11.5 Å². The first-order chi connectivity index (χ1) is 11.7. The van der Waals surface area contributed by atoms with E-state index in [0.717, 1.165) is 36.0 Å². The van der Waals surface area contributed by atoms with E-state index in [0.29, 0.717) is 17.4 Å². The van der Waals surface area contributed by atoms with Gasteiger partial charge in [-0.2, -0.15) is 0 Å². The number of phenolic OH excluding ortho intramolecular Hbond substituents is 1. The molecule has 4 nitrogen and oxygen atoms in total. The maximum absolute atomic E-state index is 11.4. The fourth-order valence-corrected chi connectivity index (χ4v) is 3.54. The first-order valence-corrected chi connectivity index (χ1v) is 10.9. The Labute approximate surface area is 148 Å². The molecule has 0 spiro atoms. The number of benzene rings is 2. The first kappa shape index (κ1) is 18.0. The van der Waals surface area contributed by atoms with Crippen LogP contribution >= 0.6 is 7.37 Å². The molecule has 5 heteroatoms. The molecule has 1 saturated carbocycles. The van der Waals surface area contributed by atoms with Crippen LogP contribution in [0, 0.1) is 13.8 Å². The highest BCUT2D eigenvalue weighted by atomic mass is 31.2. The average Bonchev–Trinajstić information content (AvgIpc) is 3.34. The van der Waals surface area contributed by atoms with Crippen molar-refractivity contribution in [2.75, 3.05) is 13.0 Å². The molecule has 1 atom stereocenters. The predicted molar refractivity (Wildman–Crippen MR) is 100 cm³/mol. The van der Waals surface area contributed by atoms with Crippen molar-refractivity contribution in [3.8, 4) is 11.5 Å². The number of rotatable bonds is 6. The fraction of sp³-hybridized carbons (Fsp3) is 0.400. The van der Waals surface area contributed by atoms with Gasteiger partial charge in [-0.15, -0.1) is 0 Å². The van der Waals surface area contributed by atoms with Gasteiger partial charge in [0.2, 0.25) is 7.37 Å². The van der Waals surface area contributed by atoms with Gasteiger partial charge >= 0.3 is 0 Å². The third-order valence-electron chi connectivity index (χ3n) is 4.63. The molecular formula is C20H25O4P. The summed E-state index contributed by atoms with van der Waals surface area (Å²) in [6.07, 6.45) is 2.94. The number of phenols is 1. The van der Waals surface area contributed by atoms with Gasteiger partial charge in [-0.25, -0.2) is 0 Å². The molecule has 3 rings (SSSR count). The van der Waals surface area contributed by atoms with Crippen molar-refractivity contribution in [1.29, 1.82) is 0 Å².